The molecule has 1 aromatic rings. The largest absolute Gasteiger partial charge is 0.467 e. The molecule has 0 aliphatic heterocycles. The van der Waals surface area contributed by atoms with Gasteiger partial charge in [0.1, 0.15) is 11.0 Å². The van der Waals surface area contributed by atoms with Crippen molar-refractivity contribution in [2.24, 2.45) is 0 Å². The van der Waals surface area contributed by atoms with Crippen LogP contribution in [0.5, 0.6) is 6.01 Å². The van der Waals surface area contributed by atoms with Crippen molar-refractivity contribution >= 4 is 17.4 Å². The number of nitrogens with one attached hydrogen (secondary N) is 1. The van der Waals surface area contributed by atoms with Crippen molar-refractivity contribution in [1.82, 2.24) is 9.97 Å². The molecule has 4 nitrogen and oxygen atoms in total. The quantitative estimate of drug-likeness (QED) is 0.806. The number of methoxy groups -OCH3 is 1. The number of anilines is 1. The van der Waals surface area contributed by atoms with Crippen molar-refractivity contribution in [3.63, 3.8) is 0 Å². The van der Waals surface area contributed by atoms with Gasteiger partial charge in [0.15, 0.2) is 0 Å². The minimum absolute atomic E-state index is 0.308. The Morgan fingerprint density at radius 1 is 1.40 bits per heavy atom. The summed E-state index contributed by atoms with van der Waals surface area (Å²) >= 11 is 5.84. The van der Waals surface area contributed by atoms with Crippen LogP contribution in [0, 0.1) is 0 Å². The van der Waals surface area contributed by atoms with Gasteiger partial charge in [0.2, 0.25) is 0 Å². The van der Waals surface area contributed by atoms with Gasteiger partial charge in [-0.25, -0.2) is 0 Å². The molecule has 0 saturated heterocycles. The van der Waals surface area contributed by atoms with E-state index in [0.29, 0.717) is 17.2 Å². The molecule has 15 heavy (non-hydrogen) atoms. The lowest BCUT2D eigenvalue weighted by Crippen LogP contribution is -2.15. The Morgan fingerprint density at radius 3 is 2.80 bits per heavy atom. The summed E-state index contributed by atoms with van der Waals surface area (Å²) in [5, 5.41) is 3.75. The molecule has 0 unspecified atom stereocenters. The highest BCUT2D eigenvalue weighted by atomic mass is 35.5. The molecule has 1 heterocycles. The molecule has 1 aromatic heterocycles. The highest BCUT2D eigenvalue weighted by Crippen LogP contribution is 2.23. The predicted octanol–water partition coefficient (Wildman–Crippen LogP) is 2.49. The Labute approximate surface area is 94.0 Å². The molecule has 1 aliphatic carbocycles. The summed E-state index contributed by atoms with van der Waals surface area (Å²) in [4.78, 5) is 8.11. The molecule has 0 amide bonds. The molecule has 1 N–H and O–H groups in total. The normalized spacial score (nSPS) is 16.7. The van der Waals surface area contributed by atoms with E-state index in [1.54, 1.807) is 6.07 Å². The maximum atomic E-state index is 5.84. The van der Waals surface area contributed by atoms with Gasteiger partial charge in [0, 0.05) is 12.1 Å². The van der Waals surface area contributed by atoms with Gasteiger partial charge in [-0.1, -0.05) is 24.4 Å². The number of hydrogen-bond donors (Lipinski definition) is 1. The Hall–Kier alpha value is -1.03. The maximum absolute atomic E-state index is 5.84. The van der Waals surface area contributed by atoms with Crippen molar-refractivity contribution in [2.75, 3.05) is 12.4 Å². The zero-order valence-electron chi connectivity index (χ0n) is 8.66. The van der Waals surface area contributed by atoms with Crippen LogP contribution in [0.15, 0.2) is 6.07 Å². The van der Waals surface area contributed by atoms with Crippen molar-refractivity contribution < 1.29 is 4.74 Å². The number of rotatable bonds is 3. The molecule has 1 fully saturated rings. The van der Waals surface area contributed by atoms with E-state index >= 15 is 0 Å². The lowest BCUT2D eigenvalue weighted by molar-refractivity contribution is 0.380. The minimum Gasteiger partial charge on any atom is -0.467 e. The van der Waals surface area contributed by atoms with Gasteiger partial charge < -0.3 is 10.1 Å². The number of nitrogens with zero attached hydrogens (tertiary/aromatic N) is 2. The van der Waals surface area contributed by atoms with E-state index in [0.717, 1.165) is 5.82 Å². The first-order valence-electron chi connectivity index (χ1n) is 5.13. The molecule has 0 spiro atoms. The van der Waals surface area contributed by atoms with Crippen molar-refractivity contribution in [3.05, 3.63) is 11.2 Å². The fraction of sp³-hybridized carbons (Fsp3) is 0.600. The molecule has 82 valence electrons. The van der Waals surface area contributed by atoms with Crippen molar-refractivity contribution in [1.29, 1.82) is 0 Å². The van der Waals surface area contributed by atoms with E-state index in [9.17, 15) is 0 Å². The molecular weight excluding hydrogens is 214 g/mol. The van der Waals surface area contributed by atoms with Crippen LogP contribution < -0.4 is 10.1 Å². The van der Waals surface area contributed by atoms with Gasteiger partial charge >= 0.3 is 6.01 Å². The fourth-order valence-corrected chi connectivity index (χ4v) is 2.02. The summed E-state index contributed by atoms with van der Waals surface area (Å²) in [6, 6.07) is 2.55. The van der Waals surface area contributed by atoms with Crippen LogP contribution in [0.1, 0.15) is 25.7 Å². The Kier molecular flexibility index (Phi) is 3.26. The summed E-state index contributed by atoms with van der Waals surface area (Å²) in [5.74, 6) is 0.749. The van der Waals surface area contributed by atoms with E-state index in [4.69, 9.17) is 16.3 Å². The summed E-state index contributed by atoms with van der Waals surface area (Å²) in [6.07, 6.45) is 4.97. The van der Waals surface area contributed by atoms with Gasteiger partial charge in [-0.05, 0) is 12.8 Å². The van der Waals surface area contributed by atoms with Crippen LogP contribution in [0.2, 0.25) is 5.15 Å². The topological polar surface area (TPSA) is 47.0 Å². The zero-order chi connectivity index (χ0) is 10.7. The molecule has 0 atom stereocenters. The maximum Gasteiger partial charge on any atom is 0.319 e. The average molecular weight is 228 g/mol. The summed E-state index contributed by atoms with van der Waals surface area (Å²) < 4.78 is 4.95. The van der Waals surface area contributed by atoms with Crippen molar-refractivity contribution in [2.45, 2.75) is 31.7 Å². The summed E-state index contributed by atoms with van der Waals surface area (Å²) in [7, 11) is 1.53. The van der Waals surface area contributed by atoms with Crippen LogP contribution in [-0.2, 0) is 0 Å². The first-order chi connectivity index (χ1) is 7.28. The monoisotopic (exact) mass is 227 g/mol. The smallest absolute Gasteiger partial charge is 0.319 e. The molecule has 0 bridgehead atoms. The van der Waals surface area contributed by atoms with Crippen LogP contribution in [0.4, 0.5) is 5.82 Å². The van der Waals surface area contributed by atoms with Crippen LogP contribution in [-0.4, -0.2) is 23.1 Å². The molecule has 0 radical (unpaired) electrons. The third kappa shape index (κ3) is 2.72. The van der Waals surface area contributed by atoms with E-state index in [1.807, 2.05) is 0 Å². The number of hydrogen-bond acceptors (Lipinski definition) is 4. The molecule has 0 aromatic carbocycles. The van der Waals surface area contributed by atoms with Crippen LogP contribution in [0.25, 0.3) is 0 Å². The first kappa shape index (κ1) is 10.5. The highest BCUT2D eigenvalue weighted by molar-refractivity contribution is 6.29. The van der Waals surface area contributed by atoms with E-state index in [2.05, 4.69) is 15.3 Å². The number of halogens is 1. The first-order valence-corrected chi connectivity index (χ1v) is 5.51. The highest BCUT2D eigenvalue weighted by Gasteiger charge is 2.15. The van der Waals surface area contributed by atoms with E-state index in [1.165, 1.54) is 32.8 Å². The number of aromatic nitrogens is 2. The van der Waals surface area contributed by atoms with Crippen LogP contribution in [0.3, 0.4) is 0 Å². The third-order valence-corrected chi connectivity index (χ3v) is 2.76. The van der Waals surface area contributed by atoms with Gasteiger partial charge in [0.25, 0.3) is 0 Å². The van der Waals surface area contributed by atoms with E-state index in [-0.39, 0.29) is 0 Å². The molecular formula is C10H14ClN3O. The fourth-order valence-electron chi connectivity index (χ4n) is 1.84. The minimum atomic E-state index is 0.308. The van der Waals surface area contributed by atoms with Gasteiger partial charge in [0.05, 0.1) is 7.11 Å². The van der Waals surface area contributed by atoms with Gasteiger partial charge in [-0.15, -0.1) is 0 Å². The Morgan fingerprint density at radius 2 is 2.13 bits per heavy atom. The summed E-state index contributed by atoms with van der Waals surface area (Å²) in [6.45, 7) is 0. The van der Waals surface area contributed by atoms with E-state index < -0.39 is 0 Å². The molecule has 5 heteroatoms. The second kappa shape index (κ2) is 4.66. The lowest BCUT2D eigenvalue weighted by Gasteiger charge is -2.12. The molecule has 2 rings (SSSR count). The average Bonchev–Trinajstić information content (AvgIpc) is 2.69. The standard InChI is InChI=1S/C10H14ClN3O/c1-15-10-13-8(11)6-9(14-10)12-7-4-2-3-5-7/h6-7H,2-5H2,1H3,(H,12,13,14). The predicted molar refractivity (Wildman–Crippen MR) is 59.5 cm³/mol. The third-order valence-electron chi connectivity index (χ3n) is 2.56. The zero-order valence-corrected chi connectivity index (χ0v) is 9.42. The number of ether oxygens (including phenoxy) is 1. The molecule has 1 aliphatic rings. The molecule has 1 saturated carbocycles. The van der Waals surface area contributed by atoms with Gasteiger partial charge in [-0.3, -0.25) is 0 Å². The summed E-state index contributed by atoms with van der Waals surface area (Å²) in [5.41, 5.74) is 0. The lowest BCUT2D eigenvalue weighted by atomic mass is 10.2. The van der Waals surface area contributed by atoms with Crippen LogP contribution >= 0.6 is 11.6 Å². The Balaban J connectivity index is 2.09. The second-order valence-corrected chi connectivity index (χ2v) is 4.08. The van der Waals surface area contributed by atoms with Crippen molar-refractivity contribution in [3.8, 4) is 6.01 Å². The second-order valence-electron chi connectivity index (χ2n) is 3.69. The SMILES string of the molecule is COc1nc(Cl)cc(NC2CCCC2)n1. The van der Waals surface area contributed by atoms with Gasteiger partial charge in [-0.2, -0.15) is 9.97 Å². The Bertz CT molecular complexity index is 339.